The van der Waals surface area contributed by atoms with Crippen LogP contribution in [0.25, 0.3) is 11.3 Å². The van der Waals surface area contributed by atoms with Crippen molar-refractivity contribution in [3.05, 3.63) is 51.1 Å². The normalized spacial score (nSPS) is 10.5. The van der Waals surface area contributed by atoms with E-state index in [9.17, 15) is 4.79 Å². The van der Waals surface area contributed by atoms with Crippen molar-refractivity contribution in [1.29, 1.82) is 0 Å². The maximum atomic E-state index is 10.7. The van der Waals surface area contributed by atoms with E-state index in [-0.39, 0.29) is 11.6 Å². The number of benzene rings is 1. The fourth-order valence-corrected chi connectivity index (χ4v) is 2.45. The minimum absolute atomic E-state index is 0.135. The van der Waals surface area contributed by atoms with E-state index in [1.165, 1.54) is 0 Å². The summed E-state index contributed by atoms with van der Waals surface area (Å²) in [4.78, 5) is 14.8. The van der Waals surface area contributed by atoms with E-state index in [0.29, 0.717) is 26.9 Å². The first-order chi connectivity index (χ1) is 8.99. The molecule has 0 aliphatic heterocycles. The lowest BCUT2D eigenvalue weighted by Gasteiger charge is -2.08. The molecular weight excluding hydrogens is 309 g/mol. The van der Waals surface area contributed by atoms with Crippen LogP contribution in [0, 0.1) is 0 Å². The fraction of sp³-hybridized carbons (Fsp3) is 0.0769. The lowest BCUT2D eigenvalue weighted by Crippen LogP contribution is -2.02. The summed E-state index contributed by atoms with van der Waals surface area (Å²) in [6.45, 7) is 0. The van der Waals surface area contributed by atoms with Crippen molar-refractivity contribution in [2.45, 2.75) is 6.42 Å². The Kier molecular flexibility index (Phi) is 4.30. The summed E-state index contributed by atoms with van der Waals surface area (Å²) in [6, 6.07) is 8.39. The second-order valence-corrected chi connectivity index (χ2v) is 4.99. The molecule has 1 N–H and O–H groups in total. The quantitative estimate of drug-likeness (QED) is 0.857. The summed E-state index contributed by atoms with van der Waals surface area (Å²) < 4.78 is 0. The summed E-state index contributed by atoms with van der Waals surface area (Å²) in [7, 11) is 0. The van der Waals surface area contributed by atoms with Gasteiger partial charge in [-0.1, -0.05) is 46.9 Å². The van der Waals surface area contributed by atoms with Crippen LogP contribution >= 0.6 is 34.8 Å². The van der Waals surface area contributed by atoms with Crippen LogP contribution in [-0.2, 0) is 11.2 Å². The van der Waals surface area contributed by atoms with Gasteiger partial charge in [0.05, 0.1) is 22.2 Å². The van der Waals surface area contributed by atoms with E-state index >= 15 is 0 Å². The molecule has 0 amide bonds. The molecule has 19 heavy (non-hydrogen) atoms. The molecule has 1 aromatic carbocycles. The monoisotopic (exact) mass is 315 g/mol. The molecule has 0 fully saturated rings. The smallest absolute Gasteiger partial charge is 0.307 e. The van der Waals surface area contributed by atoms with Gasteiger partial charge in [0, 0.05) is 11.1 Å². The van der Waals surface area contributed by atoms with Crippen LogP contribution in [0.3, 0.4) is 0 Å². The third-order valence-corrected chi connectivity index (χ3v) is 3.44. The van der Waals surface area contributed by atoms with Crippen molar-refractivity contribution in [3.63, 3.8) is 0 Å². The number of rotatable bonds is 3. The van der Waals surface area contributed by atoms with Crippen molar-refractivity contribution in [2.24, 2.45) is 0 Å². The van der Waals surface area contributed by atoms with Crippen molar-refractivity contribution < 1.29 is 9.90 Å². The first kappa shape index (κ1) is 14.1. The van der Waals surface area contributed by atoms with Gasteiger partial charge < -0.3 is 5.11 Å². The molecule has 0 aliphatic carbocycles. The zero-order valence-corrected chi connectivity index (χ0v) is 11.8. The third kappa shape index (κ3) is 3.18. The van der Waals surface area contributed by atoms with Gasteiger partial charge in [0.25, 0.3) is 0 Å². The maximum Gasteiger partial charge on any atom is 0.307 e. The molecule has 0 spiro atoms. The van der Waals surface area contributed by atoms with Crippen LogP contribution in [-0.4, -0.2) is 16.1 Å². The van der Waals surface area contributed by atoms with Crippen LogP contribution < -0.4 is 0 Å². The Morgan fingerprint density at radius 3 is 2.26 bits per heavy atom. The molecule has 0 radical (unpaired) electrons. The second kappa shape index (κ2) is 5.78. The maximum absolute atomic E-state index is 10.7. The highest BCUT2D eigenvalue weighted by Crippen LogP contribution is 2.34. The number of nitrogens with zero attached hydrogens (tertiary/aromatic N) is 1. The predicted octanol–water partition coefficient (Wildman–Crippen LogP) is 4.34. The van der Waals surface area contributed by atoms with Gasteiger partial charge in [0.1, 0.15) is 5.15 Å². The number of halogens is 3. The predicted molar refractivity (Wildman–Crippen MR) is 76.0 cm³/mol. The summed E-state index contributed by atoms with van der Waals surface area (Å²) in [5, 5.41) is 9.79. The number of pyridine rings is 1. The van der Waals surface area contributed by atoms with Gasteiger partial charge in [-0.05, 0) is 18.2 Å². The van der Waals surface area contributed by atoms with Crippen molar-refractivity contribution in [2.75, 3.05) is 0 Å². The Balaban J connectivity index is 2.48. The minimum atomic E-state index is -0.966. The first-order valence-corrected chi connectivity index (χ1v) is 6.44. The van der Waals surface area contributed by atoms with Crippen molar-refractivity contribution >= 4 is 40.8 Å². The Bertz CT molecular complexity index is 624. The second-order valence-electron chi connectivity index (χ2n) is 3.81. The van der Waals surface area contributed by atoms with Gasteiger partial charge in [0.2, 0.25) is 0 Å². The van der Waals surface area contributed by atoms with Gasteiger partial charge in [-0.3, -0.25) is 4.79 Å². The molecule has 0 saturated carbocycles. The molecule has 0 unspecified atom stereocenters. The third-order valence-electron chi connectivity index (χ3n) is 2.49. The van der Waals surface area contributed by atoms with Gasteiger partial charge in [-0.25, -0.2) is 4.98 Å². The summed E-state index contributed by atoms with van der Waals surface area (Å²) in [5.41, 5.74) is 1.53. The SMILES string of the molecule is O=C(O)Cc1ccc(-c2c(Cl)cccc2Cl)nc1Cl. The molecule has 2 rings (SSSR count). The first-order valence-electron chi connectivity index (χ1n) is 5.30. The van der Waals surface area contributed by atoms with E-state index in [1.807, 2.05) is 0 Å². The molecule has 1 aromatic heterocycles. The van der Waals surface area contributed by atoms with E-state index in [0.717, 1.165) is 0 Å². The topological polar surface area (TPSA) is 50.2 Å². The Hall–Kier alpha value is -1.29. The molecule has 1 heterocycles. The van der Waals surface area contributed by atoms with Crippen molar-refractivity contribution in [1.82, 2.24) is 4.98 Å². The Labute approximate surface area is 124 Å². The number of hydrogen-bond donors (Lipinski definition) is 1. The Morgan fingerprint density at radius 2 is 1.74 bits per heavy atom. The molecule has 0 aliphatic rings. The average Bonchev–Trinajstić information content (AvgIpc) is 2.32. The highest BCUT2D eigenvalue weighted by Gasteiger charge is 2.13. The molecule has 3 nitrogen and oxygen atoms in total. The lowest BCUT2D eigenvalue weighted by molar-refractivity contribution is -0.136. The molecule has 2 aromatic rings. The van der Waals surface area contributed by atoms with Crippen LogP contribution in [0.2, 0.25) is 15.2 Å². The summed E-state index contributed by atoms with van der Waals surface area (Å²) in [5.74, 6) is -0.966. The molecule has 6 heteroatoms. The van der Waals surface area contributed by atoms with Crippen molar-refractivity contribution in [3.8, 4) is 11.3 Å². The largest absolute Gasteiger partial charge is 0.481 e. The highest BCUT2D eigenvalue weighted by molar-refractivity contribution is 6.39. The van der Waals surface area contributed by atoms with Crippen LogP contribution in [0.4, 0.5) is 0 Å². The zero-order chi connectivity index (χ0) is 14.0. The minimum Gasteiger partial charge on any atom is -0.481 e. The van der Waals surface area contributed by atoms with Crippen LogP contribution in [0.1, 0.15) is 5.56 Å². The molecule has 0 bridgehead atoms. The summed E-state index contributed by atoms with van der Waals surface area (Å²) >= 11 is 18.1. The number of hydrogen-bond acceptors (Lipinski definition) is 2. The molecular formula is C13H8Cl3NO2. The van der Waals surface area contributed by atoms with Crippen LogP contribution in [0.15, 0.2) is 30.3 Å². The summed E-state index contributed by atoms with van der Waals surface area (Å²) in [6.07, 6.45) is -0.178. The number of carboxylic acids is 1. The number of carbonyl (C=O) groups is 1. The van der Waals surface area contributed by atoms with Gasteiger partial charge in [-0.15, -0.1) is 0 Å². The van der Waals surface area contributed by atoms with Gasteiger partial charge >= 0.3 is 5.97 Å². The van der Waals surface area contributed by atoms with E-state index in [2.05, 4.69) is 4.98 Å². The highest BCUT2D eigenvalue weighted by atomic mass is 35.5. The average molecular weight is 317 g/mol. The van der Waals surface area contributed by atoms with E-state index in [1.54, 1.807) is 30.3 Å². The zero-order valence-electron chi connectivity index (χ0n) is 9.53. The van der Waals surface area contributed by atoms with E-state index < -0.39 is 5.97 Å². The van der Waals surface area contributed by atoms with Gasteiger partial charge in [-0.2, -0.15) is 0 Å². The van der Waals surface area contributed by atoms with E-state index in [4.69, 9.17) is 39.9 Å². The molecule has 0 saturated heterocycles. The number of aliphatic carboxylic acids is 1. The fourth-order valence-electron chi connectivity index (χ4n) is 1.64. The lowest BCUT2D eigenvalue weighted by atomic mass is 10.1. The van der Waals surface area contributed by atoms with Gasteiger partial charge in [0.15, 0.2) is 0 Å². The van der Waals surface area contributed by atoms with Crippen LogP contribution in [0.5, 0.6) is 0 Å². The number of aromatic nitrogens is 1. The number of carboxylic acid groups (broad SMARTS) is 1. The standard InChI is InChI=1S/C13H8Cl3NO2/c14-8-2-1-3-9(15)12(8)10-5-4-7(6-11(18)19)13(16)17-10/h1-5H,6H2,(H,18,19). The molecule has 0 atom stereocenters. The Morgan fingerprint density at radius 1 is 1.11 bits per heavy atom. The molecule has 98 valence electrons.